The molecular weight excluding hydrogens is 214 g/mol. The standard InChI is InChI=1S/C14H21NO2/c1-3-7-11(2)17-14(16)13(15)10-12-8-5-4-6-9-12/h4-6,8-9,11,13H,3,7,10,15H2,1-2H3/t11?,13-/m0/s1. The highest BCUT2D eigenvalue weighted by Gasteiger charge is 2.17. The summed E-state index contributed by atoms with van der Waals surface area (Å²) in [6.07, 6.45) is 2.36. The summed E-state index contributed by atoms with van der Waals surface area (Å²) in [7, 11) is 0. The first-order valence-corrected chi connectivity index (χ1v) is 6.13. The monoisotopic (exact) mass is 235 g/mol. The van der Waals surface area contributed by atoms with E-state index < -0.39 is 6.04 Å². The van der Waals surface area contributed by atoms with Crippen molar-refractivity contribution in [3.05, 3.63) is 35.9 Å². The lowest BCUT2D eigenvalue weighted by molar-refractivity contribution is -0.150. The Kier molecular flexibility index (Phi) is 5.70. The maximum Gasteiger partial charge on any atom is 0.323 e. The summed E-state index contributed by atoms with van der Waals surface area (Å²) in [4.78, 5) is 11.7. The summed E-state index contributed by atoms with van der Waals surface area (Å²) in [6.45, 7) is 3.96. The van der Waals surface area contributed by atoms with E-state index in [1.807, 2.05) is 37.3 Å². The fourth-order valence-electron chi connectivity index (χ4n) is 1.70. The fraction of sp³-hybridized carbons (Fsp3) is 0.500. The second kappa shape index (κ2) is 7.07. The van der Waals surface area contributed by atoms with E-state index in [2.05, 4.69) is 6.92 Å². The molecular formula is C14H21NO2. The zero-order valence-corrected chi connectivity index (χ0v) is 10.6. The lowest BCUT2D eigenvalue weighted by Crippen LogP contribution is -2.36. The van der Waals surface area contributed by atoms with Gasteiger partial charge < -0.3 is 10.5 Å². The van der Waals surface area contributed by atoms with Crippen LogP contribution in [0.3, 0.4) is 0 Å². The van der Waals surface area contributed by atoms with Gasteiger partial charge in [0.1, 0.15) is 6.04 Å². The van der Waals surface area contributed by atoms with E-state index in [1.54, 1.807) is 0 Å². The highest BCUT2D eigenvalue weighted by Crippen LogP contribution is 2.06. The highest BCUT2D eigenvalue weighted by molar-refractivity contribution is 5.76. The van der Waals surface area contributed by atoms with Crippen LogP contribution >= 0.6 is 0 Å². The van der Waals surface area contributed by atoms with E-state index in [0.29, 0.717) is 6.42 Å². The molecule has 94 valence electrons. The molecule has 0 aliphatic carbocycles. The third-order valence-electron chi connectivity index (χ3n) is 2.61. The summed E-state index contributed by atoms with van der Waals surface area (Å²) in [5, 5.41) is 0. The number of nitrogens with two attached hydrogens (primary N) is 1. The molecule has 1 rings (SSSR count). The molecule has 17 heavy (non-hydrogen) atoms. The van der Waals surface area contributed by atoms with Crippen LogP contribution in [0.2, 0.25) is 0 Å². The van der Waals surface area contributed by atoms with Crippen LogP contribution in [0.4, 0.5) is 0 Å². The number of carbonyl (C=O) groups excluding carboxylic acids is 1. The molecule has 0 fully saturated rings. The molecule has 0 amide bonds. The average molecular weight is 235 g/mol. The zero-order chi connectivity index (χ0) is 12.7. The maximum atomic E-state index is 11.7. The third kappa shape index (κ3) is 5.00. The van der Waals surface area contributed by atoms with Crippen molar-refractivity contribution in [1.29, 1.82) is 0 Å². The van der Waals surface area contributed by atoms with Crippen LogP contribution in [0.5, 0.6) is 0 Å². The van der Waals surface area contributed by atoms with Crippen molar-refractivity contribution >= 4 is 5.97 Å². The molecule has 2 N–H and O–H groups in total. The van der Waals surface area contributed by atoms with Crippen LogP contribution in [-0.2, 0) is 16.0 Å². The number of hydrogen-bond acceptors (Lipinski definition) is 3. The van der Waals surface area contributed by atoms with Crippen molar-refractivity contribution in [2.24, 2.45) is 5.73 Å². The molecule has 0 saturated carbocycles. The van der Waals surface area contributed by atoms with Crippen LogP contribution in [0.25, 0.3) is 0 Å². The van der Waals surface area contributed by atoms with Crippen molar-refractivity contribution in [2.75, 3.05) is 0 Å². The van der Waals surface area contributed by atoms with Crippen LogP contribution in [0.1, 0.15) is 32.3 Å². The molecule has 1 unspecified atom stereocenters. The number of hydrogen-bond donors (Lipinski definition) is 1. The Balaban J connectivity index is 2.42. The number of benzene rings is 1. The van der Waals surface area contributed by atoms with Crippen molar-refractivity contribution in [1.82, 2.24) is 0 Å². The first-order valence-electron chi connectivity index (χ1n) is 6.13. The molecule has 0 aromatic heterocycles. The number of ether oxygens (including phenoxy) is 1. The number of carbonyl (C=O) groups is 1. The Morgan fingerprint density at radius 3 is 2.59 bits per heavy atom. The van der Waals surface area contributed by atoms with Crippen molar-refractivity contribution in [3.8, 4) is 0 Å². The Morgan fingerprint density at radius 2 is 2.00 bits per heavy atom. The van der Waals surface area contributed by atoms with Crippen molar-refractivity contribution < 1.29 is 9.53 Å². The van der Waals surface area contributed by atoms with Gasteiger partial charge in [-0.05, 0) is 25.3 Å². The van der Waals surface area contributed by atoms with Crippen molar-refractivity contribution in [3.63, 3.8) is 0 Å². The minimum atomic E-state index is -0.572. The summed E-state index contributed by atoms with van der Waals surface area (Å²) < 4.78 is 5.26. The van der Waals surface area contributed by atoms with Gasteiger partial charge in [0, 0.05) is 0 Å². The molecule has 3 nitrogen and oxygen atoms in total. The fourth-order valence-corrected chi connectivity index (χ4v) is 1.70. The zero-order valence-electron chi connectivity index (χ0n) is 10.6. The molecule has 3 heteroatoms. The predicted octanol–water partition coefficient (Wildman–Crippen LogP) is 2.29. The third-order valence-corrected chi connectivity index (χ3v) is 2.61. The largest absolute Gasteiger partial charge is 0.462 e. The molecule has 0 aliphatic rings. The first kappa shape index (κ1) is 13.7. The topological polar surface area (TPSA) is 52.3 Å². The van der Waals surface area contributed by atoms with E-state index >= 15 is 0 Å². The lowest BCUT2D eigenvalue weighted by Gasteiger charge is -2.16. The van der Waals surface area contributed by atoms with Gasteiger partial charge in [-0.3, -0.25) is 4.79 Å². The molecule has 0 spiro atoms. The Labute approximate surface area is 103 Å². The molecule has 0 bridgehead atoms. The Morgan fingerprint density at radius 1 is 1.35 bits per heavy atom. The SMILES string of the molecule is CCCC(C)OC(=O)[C@@H](N)Cc1ccccc1. The van der Waals surface area contributed by atoms with Gasteiger partial charge in [0.15, 0.2) is 0 Å². The van der Waals surface area contributed by atoms with Gasteiger partial charge in [0.25, 0.3) is 0 Å². The molecule has 0 radical (unpaired) electrons. The molecule has 0 aliphatic heterocycles. The average Bonchev–Trinajstić information content (AvgIpc) is 2.30. The van der Waals surface area contributed by atoms with E-state index in [1.165, 1.54) is 0 Å². The van der Waals surface area contributed by atoms with Gasteiger partial charge in [-0.15, -0.1) is 0 Å². The second-order valence-electron chi connectivity index (χ2n) is 4.33. The Hall–Kier alpha value is -1.35. The minimum absolute atomic E-state index is 0.0469. The quantitative estimate of drug-likeness (QED) is 0.770. The molecule has 1 aromatic rings. The normalized spacial score (nSPS) is 14.1. The number of rotatable bonds is 6. The summed E-state index contributed by atoms with van der Waals surface area (Å²) in [5.74, 6) is -0.310. The summed E-state index contributed by atoms with van der Waals surface area (Å²) >= 11 is 0. The molecule has 1 aromatic carbocycles. The van der Waals surface area contributed by atoms with Crippen LogP contribution in [0.15, 0.2) is 30.3 Å². The van der Waals surface area contributed by atoms with E-state index in [9.17, 15) is 4.79 Å². The van der Waals surface area contributed by atoms with Gasteiger partial charge in [-0.1, -0.05) is 43.7 Å². The van der Waals surface area contributed by atoms with Crippen LogP contribution in [0, 0.1) is 0 Å². The predicted molar refractivity (Wildman–Crippen MR) is 68.6 cm³/mol. The maximum absolute atomic E-state index is 11.7. The minimum Gasteiger partial charge on any atom is -0.462 e. The van der Waals surface area contributed by atoms with E-state index in [0.717, 1.165) is 18.4 Å². The molecule has 0 heterocycles. The van der Waals surface area contributed by atoms with Gasteiger partial charge in [0.05, 0.1) is 6.10 Å². The molecule has 2 atom stereocenters. The Bertz CT molecular complexity index is 337. The first-order chi connectivity index (χ1) is 8.13. The van der Waals surface area contributed by atoms with Gasteiger partial charge in [0.2, 0.25) is 0 Å². The smallest absolute Gasteiger partial charge is 0.323 e. The van der Waals surface area contributed by atoms with Crippen LogP contribution < -0.4 is 5.73 Å². The summed E-state index contributed by atoms with van der Waals surface area (Å²) in [5.41, 5.74) is 6.87. The van der Waals surface area contributed by atoms with Gasteiger partial charge >= 0.3 is 5.97 Å². The second-order valence-corrected chi connectivity index (χ2v) is 4.33. The van der Waals surface area contributed by atoms with Crippen LogP contribution in [-0.4, -0.2) is 18.1 Å². The highest BCUT2D eigenvalue weighted by atomic mass is 16.5. The molecule has 0 saturated heterocycles. The lowest BCUT2D eigenvalue weighted by atomic mass is 10.1. The van der Waals surface area contributed by atoms with Gasteiger partial charge in [-0.2, -0.15) is 0 Å². The van der Waals surface area contributed by atoms with E-state index in [4.69, 9.17) is 10.5 Å². The van der Waals surface area contributed by atoms with Gasteiger partial charge in [-0.25, -0.2) is 0 Å². The van der Waals surface area contributed by atoms with Crippen molar-refractivity contribution in [2.45, 2.75) is 45.3 Å². The number of esters is 1. The van der Waals surface area contributed by atoms with E-state index in [-0.39, 0.29) is 12.1 Å². The summed E-state index contributed by atoms with van der Waals surface area (Å²) in [6, 6.07) is 9.17.